The van der Waals surface area contributed by atoms with Crippen molar-refractivity contribution < 1.29 is 4.42 Å². The fourth-order valence-electron chi connectivity index (χ4n) is 2.22. The van der Waals surface area contributed by atoms with Gasteiger partial charge >= 0.3 is 0 Å². The first-order chi connectivity index (χ1) is 9.28. The van der Waals surface area contributed by atoms with E-state index in [9.17, 15) is 0 Å². The van der Waals surface area contributed by atoms with Gasteiger partial charge in [0, 0.05) is 23.4 Å². The molecule has 6 heteroatoms. The summed E-state index contributed by atoms with van der Waals surface area (Å²) in [5, 5.41) is 16.5. The van der Waals surface area contributed by atoms with Gasteiger partial charge in [-0.3, -0.25) is 0 Å². The molecule has 1 atom stereocenters. The minimum absolute atomic E-state index is 0.104. The number of likely N-dealkylation sites (N-methyl/N-ethyl adjacent to an activating group) is 1. The lowest BCUT2D eigenvalue weighted by Gasteiger charge is -2.12. The molecule has 3 aromatic rings. The van der Waals surface area contributed by atoms with E-state index in [0.29, 0.717) is 12.2 Å². The molecule has 3 rings (SSSR count). The SMILES string of the molecule is CNC(Cc1nnn(C)n1)c1coc2ccccc12. The van der Waals surface area contributed by atoms with Crippen molar-refractivity contribution >= 4 is 11.0 Å². The summed E-state index contributed by atoms with van der Waals surface area (Å²) in [4.78, 5) is 1.47. The Kier molecular flexibility index (Phi) is 3.00. The molecule has 98 valence electrons. The van der Waals surface area contributed by atoms with Crippen molar-refractivity contribution in [3.05, 3.63) is 41.9 Å². The summed E-state index contributed by atoms with van der Waals surface area (Å²) in [5.74, 6) is 0.715. The van der Waals surface area contributed by atoms with Crippen LogP contribution in [0.2, 0.25) is 0 Å². The zero-order chi connectivity index (χ0) is 13.2. The van der Waals surface area contributed by atoms with Gasteiger partial charge in [0.25, 0.3) is 0 Å². The van der Waals surface area contributed by atoms with E-state index in [1.54, 1.807) is 13.3 Å². The lowest BCUT2D eigenvalue weighted by molar-refractivity contribution is 0.551. The van der Waals surface area contributed by atoms with E-state index in [4.69, 9.17) is 4.42 Å². The van der Waals surface area contributed by atoms with Crippen LogP contribution in [0.25, 0.3) is 11.0 Å². The van der Waals surface area contributed by atoms with Gasteiger partial charge < -0.3 is 9.73 Å². The molecule has 0 aliphatic rings. The Morgan fingerprint density at radius 2 is 2.21 bits per heavy atom. The Morgan fingerprint density at radius 1 is 1.37 bits per heavy atom. The maximum absolute atomic E-state index is 5.57. The number of aromatic nitrogens is 4. The van der Waals surface area contributed by atoms with Crippen molar-refractivity contribution in [2.24, 2.45) is 7.05 Å². The monoisotopic (exact) mass is 257 g/mol. The molecular weight excluding hydrogens is 242 g/mol. The summed E-state index contributed by atoms with van der Waals surface area (Å²) in [6, 6.07) is 8.10. The fourth-order valence-corrected chi connectivity index (χ4v) is 2.22. The van der Waals surface area contributed by atoms with E-state index >= 15 is 0 Å². The number of para-hydroxylation sites is 1. The van der Waals surface area contributed by atoms with Gasteiger partial charge in [-0.15, -0.1) is 10.2 Å². The van der Waals surface area contributed by atoms with Crippen LogP contribution in [0.4, 0.5) is 0 Å². The van der Waals surface area contributed by atoms with Crippen molar-refractivity contribution in [1.82, 2.24) is 25.5 Å². The summed E-state index contributed by atoms with van der Waals surface area (Å²) in [6.45, 7) is 0. The van der Waals surface area contributed by atoms with Gasteiger partial charge in [-0.25, -0.2) is 0 Å². The third-order valence-corrected chi connectivity index (χ3v) is 3.17. The number of nitrogens with one attached hydrogen (secondary N) is 1. The minimum atomic E-state index is 0.104. The molecule has 1 N–H and O–H groups in total. The lowest BCUT2D eigenvalue weighted by Crippen LogP contribution is -2.19. The minimum Gasteiger partial charge on any atom is -0.464 e. The smallest absolute Gasteiger partial charge is 0.176 e. The Balaban J connectivity index is 1.93. The largest absolute Gasteiger partial charge is 0.464 e. The van der Waals surface area contributed by atoms with E-state index in [1.165, 1.54) is 4.80 Å². The van der Waals surface area contributed by atoms with Crippen molar-refractivity contribution in [3.8, 4) is 0 Å². The fraction of sp³-hybridized carbons (Fsp3) is 0.308. The standard InChI is InChI=1S/C13H15N5O/c1-14-11(7-13-15-17-18(2)16-13)10-8-19-12-6-4-3-5-9(10)12/h3-6,8,11,14H,7H2,1-2H3. The molecule has 0 aliphatic heterocycles. The van der Waals surface area contributed by atoms with E-state index in [1.807, 2.05) is 25.2 Å². The van der Waals surface area contributed by atoms with Crippen LogP contribution >= 0.6 is 0 Å². The summed E-state index contributed by atoms with van der Waals surface area (Å²) in [7, 11) is 3.68. The molecule has 6 nitrogen and oxygen atoms in total. The van der Waals surface area contributed by atoms with E-state index in [2.05, 4.69) is 26.8 Å². The van der Waals surface area contributed by atoms with E-state index in [0.717, 1.165) is 16.5 Å². The molecule has 0 amide bonds. The average molecular weight is 257 g/mol. The zero-order valence-electron chi connectivity index (χ0n) is 10.9. The van der Waals surface area contributed by atoms with Crippen LogP contribution in [0.15, 0.2) is 34.9 Å². The predicted molar refractivity (Wildman–Crippen MR) is 70.5 cm³/mol. The molecule has 0 saturated heterocycles. The van der Waals surface area contributed by atoms with Gasteiger partial charge in [0.1, 0.15) is 5.58 Å². The summed E-state index contributed by atoms with van der Waals surface area (Å²) in [6.07, 6.45) is 2.47. The van der Waals surface area contributed by atoms with Crippen LogP contribution in [0.3, 0.4) is 0 Å². The van der Waals surface area contributed by atoms with Gasteiger partial charge in [-0.2, -0.15) is 4.80 Å². The first-order valence-electron chi connectivity index (χ1n) is 6.14. The first-order valence-corrected chi connectivity index (χ1v) is 6.14. The Hall–Kier alpha value is -2.21. The number of hydrogen-bond donors (Lipinski definition) is 1. The summed E-state index contributed by atoms with van der Waals surface area (Å²) < 4.78 is 5.57. The van der Waals surface area contributed by atoms with Gasteiger partial charge in [0.2, 0.25) is 0 Å². The second-order valence-corrected chi connectivity index (χ2v) is 4.43. The number of rotatable bonds is 4. The molecule has 0 radical (unpaired) electrons. The highest BCUT2D eigenvalue weighted by Crippen LogP contribution is 2.27. The number of aryl methyl sites for hydroxylation is 1. The van der Waals surface area contributed by atoms with Crippen molar-refractivity contribution in [1.29, 1.82) is 0 Å². The number of tetrazole rings is 1. The van der Waals surface area contributed by atoms with E-state index < -0.39 is 0 Å². The third kappa shape index (κ3) is 2.22. The Labute approximate surface area is 110 Å². The highest BCUT2D eigenvalue weighted by Gasteiger charge is 2.18. The molecule has 2 heterocycles. The average Bonchev–Trinajstić information content (AvgIpc) is 3.02. The molecule has 0 aliphatic carbocycles. The molecule has 0 fully saturated rings. The van der Waals surface area contributed by atoms with Crippen LogP contribution in [0.5, 0.6) is 0 Å². The van der Waals surface area contributed by atoms with Crippen LogP contribution in [-0.2, 0) is 13.5 Å². The number of hydrogen-bond acceptors (Lipinski definition) is 5. The maximum atomic E-state index is 5.57. The van der Waals surface area contributed by atoms with Gasteiger partial charge in [-0.1, -0.05) is 18.2 Å². The number of benzene rings is 1. The number of fused-ring (bicyclic) bond motifs is 1. The molecule has 0 bridgehead atoms. The summed E-state index contributed by atoms with van der Waals surface area (Å²) >= 11 is 0. The highest BCUT2D eigenvalue weighted by atomic mass is 16.3. The second-order valence-electron chi connectivity index (χ2n) is 4.43. The van der Waals surface area contributed by atoms with Crippen molar-refractivity contribution in [2.75, 3.05) is 7.05 Å². The topological polar surface area (TPSA) is 68.8 Å². The van der Waals surface area contributed by atoms with Crippen molar-refractivity contribution in [2.45, 2.75) is 12.5 Å². The number of nitrogens with zero attached hydrogens (tertiary/aromatic N) is 4. The second kappa shape index (κ2) is 4.81. The predicted octanol–water partition coefficient (Wildman–Crippen LogP) is 1.46. The van der Waals surface area contributed by atoms with Crippen LogP contribution in [-0.4, -0.2) is 27.3 Å². The van der Waals surface area contributed by atoms with Crippen LogP contribution in [0, 0.1) is 0 Å². The number of furan rings is 1. The molecule has 0 saturated carbocycles. The first kappa shape index (κ1) is 11.9. The normalized spacial score (nSPS) is 12.9. The Morgan fingerprint density at radius 3 is 2.95 bits per heavy atom. The molecule has 2 aromatic heterocycles. The molecule has 0 spiro atoms. The van der Waals surface area contributed by atoms with Crippen molar-refractivity contribution in [3.63, 3.8) is 0 Å². The van der Waals surface area contributed by atoms with Gasteiger partial charge in [0.05, 0.1) is 13.3 Å². The molecule has 19 heavy (non-hydrogen) atoms. The van der Waals surface area contributed by atoms with E-state index in [-0.39, 0.29) is 6.04 Å². The third-order valence-electron chi connectivity index (χ3n) is 3.17. The van der Waals surface area contributed by atoms with Gasteiger partial charge in [0.15, 0.2) is 5.82 Å². The summed E-state index contributed by atoms with van der Waals surface area (Å²) in [5.41, 5.74) is 2.01. The Bertz CT molecular complexity index is 687. The lowest BCUT2D eigenvalue weighted by atomic mass is 10.0. The molecular formula is C13H15N5O. The van der Waals surface area contributed by atoms with Crippen LogP contribution < -0.4 is 5.32 Å². The maximum Gasteiger partial charge on any atom is 0.176 e. The van der Waals surface area contributed by atoms with Gasteiger partial charge in [-0.05, 0) is 18.3 Å². The quantitative estimate of drug-likeness (QED) is 0.766. The molecule has 1 aromatic carbocycles. The molecule has 1 unspecified atom stereocenters. The van der Waals surface area contributed by atoms with Crippen LogP contribution in [0.1, 0.15) is 17.4 Å². The highest BCUT2D eigenvalue weighted by molar-refractivity contribution is 5.81. The zero-order valence-corrected chi connectivity index (χ0v) is 10.9.